The molecule has 4 rings (SSSR count). The zero-order valence-electron chi connectivity index (χ0n) is 23.8. The molecule has 14 heteroatoms. The van der Waals surface area contributed by atoms with Gasteiger partial charge in [0, 0.05) is 37.7 Å². The van der Waals surface area contributed by atoms with Crippen molar-refractivity contribution in [3.63, 3.8) is 0 Å². The van der Waals surface area contributed by atoms with Gasteiger partial charge in [0.05, 0.1) is 29.3 Å². The van der Waals surface area contributed by atoms with E-state index >= 15 is 0 Å². The van der Waals surface area contributed by atoms with Crippen molar-refractivity contribution in [3.05, 3.63) is 23.0 Å². The van der Waals surface area contributed by atoms with Crippen molar-refractivity contribution in [2.24, 2.45) is 23.7 Å². The van der Waals surface area contributed by atoms with Gasteiger partial charge in [-0.25, -0.2) is 4.98 Å². The van der Waals surface area contributed by atoms with Crippen LogP contribution in [0.3, 0.4) is 0 Å². The molecule has 2 heterocycles. The number of ether oxygens (including phenoxy) is 1. The second-order valence-electron chi connectivity index (χ2n) is 11.3. The van der Waals surface area contributed by atoms with Crippen LogP contribution >= 0.6 is 11.6 Å². The third-order valence-corrected chi connectivity index (χ3v) is 9.62. The molecule has 0 aromatic carbocycles. The second kappa shape index (κ2) is 14.4. The average Bonchev–Trinajstić information content (AvgIpc) is 3.30. The summed E-state index contributed by atoms with van der Waals surface area (Å²) < 4.78 is 68.1. The predicted octanol–water partition coefficient (Wildman–Crippen LogP) is 5.82. The van der Waals surface area contributed by atoms with Gasteiger partial charge in [0.15, 0.2) is 5.69 Å². The maximum absolute atomic E-state index is 13.1. The minimum Gasteiger partial charge on any atom is -0.772 e. The van der Waals surface area contributed by atoms with E-state index in [2.05, 4.69) is 20.7 Å². The van der Waals surface area contributed by atoms with Gasteiger partial charge in [-0.15, -0.1) is 0 Å². The summed E-state index contributed by atoms with van der Waals surface area (Å²) in [7, 11) is 1.51. The molecule has 0 aliphatic heterocycles. The maximum Gasteiger partial charge on any atom is 0.391 e. The number of aryl methyl sites for hydroxylation is 1. The van der Waals surface area contributed by atoms with E-state index in [4.69, 9.17) is 16.3 Å². The highest BCUT2D eigenvalue weighted by molar-refractivity contribution is 7.79. The van der Waals surface area contributed by atoms with Gasteiger partial charge < -0.3 is 19.9 Å². The zero-order valence-corrected chi connectivity index (χ0v) is 25.4. The number of nitrogens with zero attached hydrogens (tertiary/aromatic N) is 3. The van der Waals surface area contributed by atoms with E-state index in [1.54, 1.807) is 16.9 Å². The predicted molar refractivity (Wildman–Crippen MR) is 154 cm³/mol. The Bertz CT molecular complexity index is 1240. The molecule has 1 amide bonds. The van der Waals surface area contributed by atoms with Crippen molar-refractivity contribution in [3.8, 4) is 17.0 Å². The van der Waals surface area contributed by atoms with Crippen LogP contribution in [-0.2, 0) is 17.6 Å². The maximum atomic E-state index is 13.1. The van der Waals surface area contributed by atoms with Crippen molar-refractivity contribution in [1.29, 1.82) is 0 Å². The lowest BCUT2D eigenvalue weighted by atomic mass is 9.81. The van der Waals surface area contributed by atoms with E-state index in [1.165, 1.54) is 7.11 Å². The van der Waals surface area contributed by atoms with Crippen LogP contribution in [0.2, 0.25) is 5.02 Å². The van der Waals surface area contributed by atoms with Gasteiger partial charge in [-0.2, -0.15) is 18.3 Å². The number of alkyl halides is 3. The first-order valence-corrected chi connectivity index (χ1v) is 16.1. The number of aromatic nitrogens is 3. The summed E-state index contributed by atoms with van der Waals surface area (Å²) in [6.07, 6.45) is 2.11. The quantitative estimate of drug-likeness (QED) is 0.299. The van der Waals surface area contributed by atoms with Gasteiger partial charge in [-0.05, 0) is 76.0 Å². The number of pyridine rings is 1. The molecule has 2 aliphatic carbocycles. The molecule has 42 heavy (non-hydrogen) atoms. The number of methoxy groups -OCH3 is 1. The molecule has 2 N–H and O–H groups in total. The minimum atomic E-state index is -4.13. The topological polar surface area (TPSA) is 121 Å². The van der Waals surface area contributed by atoms with Crippen molar-refractivity contribution >= 4 is 34.4 Å². The van der Waals surface area contributed by atoms with Crippen LogP contribution in [-0.4, -0.2) is 61.6 Å². The fraction of sp³-hybridized carbons (Fsp3) is 0.679. The summed E-state index contributed by atoms with van der Waals surface area (Å²) in [5, 5.41) is 10.8. The molecular weight excluding hydrogens is 595 g/mol. The summed E-state index contributed by atoms with van der Waals surface area (Å²) in [6, 6.07) is 1.71. The van der Waals surface area contributed by atoms with Crippen molar-refractivity contribution < 1.29 is 31.5 Å². The van der Waals surface area contributed by atoms with E-state index in [0.717, 1.165) is 25.7 Å². The molecule has 0 saturated heterocycles. The molecule has 1 unspecified atom stereocenters. The highest BCUT2D eigenvalue weighted by Gasteiger charge is 2.41. The first-order chi connectivity index (χ1) is 20.0. The smallest absolute Gasteiger partial charge is 0.391 e. The van der Waals surface area contributed by atoms with Crippen LogP contribution in [0, 0.1) is 23.7 Å². The number of carbonyl (C=O) groups excluding carboxylic acids is 1. The van der Waals surface area contributed by atoms with Crippen LogP contribution < -0.4 is 15.4 Å². The van der Waals surface area contributed by atoms with Crippen LogP contribution in [0.25, 0.3) is 11.3 Å². The van der Waals surface area contributed by atoms with Gasteiger partial charge in [0.1, 0.15) is 11.6 Å². The molecule has 0 spiro atoms. The monoisotopic (exact) mass is 632 g/mol. The van der Waals surface area contributed by atoms with Crippen LogP contribution in [0.5, 0.6) is 5.75 Å². The van der Waals surface area contributed by atoms with Crippen LogP contribution in [0.4, 0.5) is 19.0 Å². The first kappa shape index (κ1) is 32.5. The standard InChI is InChI=1S/C28H39ClF3N5O4S/c1-3-37-26(24(29)25(36-37)27(38)35-14-17-4-6-19(7-5-17)16-42(39)40)21-15-34-23(12-22(21)41-2)33-13-18-8-10-20(11-9-18)28(30,31)32/h12,15,17-20H,3-11,13-14,16H2,1-2H3,(H,33,34)(H,35,38)(H,39,40)/p-1. The molecule has 9 nitrogen and oxygen atoms in total. The van der Waals surface area contributed by atoms with Gasteiger partial charge in [0.2, 0.25) is 0 Å². The summed E-state index contributed by atoms with van der Waals surface area (Å²) in [5.41, 5.74) is 1.15. The van der Waals surface area contributed by atoms with Gasteiger partial charge in [0.25, 0.3) is 5.91 Å². The van der Waals surface area contributed by atoms with Crippen molar-refractivity contribution in [1.82, 2.24) is 20.1 Å². The molecule has 2 fully saturated rings. The average molecular weight is 633 g/mol. The number of anilines is 1. The molecule has 2 aliphatic rings. The lowest BCUT2D eigenvalue weighted by Crippen LogP contribution is -2.32. The first-order valence-electron chi connectivity index (χ1n) is 14.4. The Morgan fingerprint density at radius 1 is 1.12 bits per heavy atom. The normalized spacial score (nSPS) is 23.8. The number of nitrogens with one attached hydrogen (secondary N) is 2. The third kappa shape index (κ3) is 8.16. The van der Waals surface area contributed by atoms with E-state index < -0.39 is 23.2 Å². The van der Waals surface area contributed by atoms with E-state index in [1.807, 2.05) is 6.92 Å². The fourth-order valence-electron chi connectivity index (χ4n) is 6.01. The molecule has 2 aromatic heterocycles. The van der Waals surface area contributed by atoms with E-state index in [-0.39, 0.29) is 53.0 Å². The molecule has 234 valence electrons. The number of hydrogen-bond donors (Lipinski definition) is 2. The summed E-state index contributed by atoms with van der Waals surface area (Å²) in [6.45, 7) is 3.29. The van der Waals surface area contributed by atoms with Crippen LogP contribution in [0.15, 0.2) is 12.3 Å². The Balaban J connectivity index is 1.39. The van der Waals surface area contributed by atoms with Crippen molar-refractivity contribution in [2.75, 3.05) is 31.3 Å². The molecular formula is C28H38ClF3N5O4S-. The Morgan fingerprint density at radius 2 is 1.74 bits per heavy atom. The van der Waals surface area contributed by atoms with Gasteiger partial charge in [-0.1, -0.05) is 22.7 Å². The highest BCUT2D eigenvalue weighted by atomic mass is 35.5. The van der Waals surface area contributed by atoms with Crippen LogP contribution in [0.1, 0.15) is 68.8 Å². The Morgan fingerprint density at radius 3 is 2.33 bits per heavy atom. The summed E-state index contributed by atoms with van der Waals surface area (Å²) >= 11 is 4.69. The second-order valence-corrected chi connectivity index (χ2v) is 12.6. The molecule has 2 saturated carbocycles. The Labute approximate surface area is 251 Å². The summed E-state index contributed by atoms with van der Waals surface area (Å²) in [4.78, 5) is 17.6. The fourth-order valence-corrected chi connectivity index (χ4v) is 7.05. The lowest BCUT2D eigenvalue weighted by molar-refractivity contribution is -0.183. The number of rotatable bonds is 11. The molecule has 1 atom stereocenters. The number of amides is 1. The largest absolute Gasteiger partial charge is 0.772 e. The number of hydrogen-bond acceptors (Lipinski definition) is 7. The molecule has 0 bridgehead atoms. The number of halogens is 4. The van der Waals surface area contributed by atoms with E-state index in [0.29, 0.717) is 55.3 Å². The lowest BCUT2D eigenvalue weighted by Gasteiger charge is -2.30. The SMILES string of the molecule is CCn1nc(C(=O)NCC2CCC(CS(=O)[O-])CC2)c(Cl)c1-c1cnc(NCC2CCC(C(F)(F)F)CC2)cc1OC. The summed E-state index contributed by atoms with van der Waals surface area (Å²) in [5.74, 6) is 0.155. The minimum absolute atomic E-state index is 0.0997. The van der Waals surface area contributed by atoms with Crippen molar-refractivity contribution in [2.45, 2.75) is 71.0 Å². The van der Waals surface area contributed by atoms with Gasteiger partial charge in [-0.3, -0.25) is 13.7 Å². The third-order valence-electron chi connectivity index (χ3n) is 8.52. The number of carbonyl (C=O) groups is 1. The molecule has 2 aromatic rings. The van der Waals surface area contributed by atoms with E-state index in [9.17, 15) is 26.7 Å². The Kier molecular flexibility index (Phi) is 11.1. The van der Waals surface area contributed by atoms with Gasteiger partial charge >= 0.3 is 6.18 Å². The highest BCUT2D eigenvalue weighted by Crippen LogP contribution is 2.40. The Hall–Kier alpha value is -2.38. The zero-order chi connectivity index (χ0) is 30.4. The molecule has 0 radical (unpaired) electrons.